The summed E-state index contributed by atoms with van der Waals surface area (Å²) in [5.41, 5.74) is 0.188. The van der Waals surface area contributed by atoms with Gasteiger partial charge in [-0.05, 0) is 46.1 Å². The van der Waals surface area contributed by atoms with E-state index in [-0.39, 0.29) is 5.54 Å². The number of ketones is 1. The van der Waals surface area contributed by atoms with Crippen molar-refractivity contribution in [1.29, 1.82) is 0 Å². The van der Waals surface area contributed by atoms with Crippen molar-refractivity contribution in [3.8, 4) is 0 Å². The van der Waals surface area contributed by atoms with Crippen molar-refractivity contribution < 1.29 is 9.59 Å². The maximum atomic E-state index is 12.2. The van der Waals surface area contributed by atoms with Gasteiger partial charge >= 0.3 is 0 Å². The Kier molecular flexibility index (Phi) is 6.15. The lowest BCUT2D eigenvalue weighted by atomic mass is 9.91. The fourth-order valence-corrected chi connectivity index (χ4v) is 3.22. The van der Waals surface area contributed by atoms with E-state index in [0.29, 0.717) is 18.7 Å². The van der Waals surface area contributed by atoms with Crippen molar-refractivity contribution in [2.45, 2.75) is 59.0 Å². The van der Waals surface area contributed by atoms with Crippen LogP contribution in [-0.4, -0.2) is 51.5 Å². The first-order valence-corrected chi connectivity index (χ1v) is 8.97. The van der Waals surface area contributed by atoms with Gasteiger partial charge < -0.3 is 5.32 Å². The Balaban J connectivity index is 1.90. The molecule has 0 unspecified atom stereocenters. The quantitative estimate of drug-likeness (QED) is 0.612. The highest BCUT2D eigenvalue weighted by Crippen LogP contribution is 2.25. The molecule has 24 heavy (non-hydrogen) atoms. The molecule has 1 atom stereocenters. The number of hydrogen-bond acceptors (Lipinski definition) is 4. The minimum absolute atomic E-state index is 0.155. The molecule has 2 heterocycles. The van der Waals surface area contributed by atoms with Gasteiger partial charge in [0.05, 0.1) is 11.8 Å². The third kappa shape index (κ3) is 4.44. The minimum Gasteiger partial charge on any atom is -0.347 e. The number of hydrogen-bond donors (Lipinski definition) is 1. The molecule has 1 N–H and O–H groups in total. The highest BCUT2D eigenvalue weighted by atomic mass is 16.2. The molecular weight excluding hydrogens is 304 g/mol. The second kappa shape index (κ2) is 7.92. The van der Waals surface area contributed by atoms with Gasteiger partial charge in [-0.2, -0.15) is 5.10 Å². The first-order chi connectivity index (χ1) is 11.4. The van der Waals surface area contributed by atoms with Gasteiger partial charge in [0.15, 0.2) is 0 Å². The van der Waals surface area contributed by atoms with Gasteiger partial charge in [-0.15, -0.1) is 0 Å². The van der Waals surface area contributed by atoms with E-state index in [4.69, 9.17) is 0 Å². The normalized spacial score (nSPS) is 19.2. The fourth-order valence-electron chi connectivity index (χ4n) is 3.22. The van der Waals surface area contributed by atoms with E-state index in [2.05, 4.69) is 36.1 Å². The predicted molar refractivity (Wildman–Crippen MR) is 93.9 cm³/mol. The largest absolute Gasteiger partial charge is 0.347 e. The number of rotatable bonds is 7. The first-order valence-electron chi connectivity index (χ1n) is 8.97. The lowest BCUT2D eigenvalue weighted by Gasteiger charge is -2.43. The number of nitrogens with one attached hydrogen (secondary N) is 1. The molecule has 0 saturated carbocycles. The molecule has 134 valence electrons. The van der Waals surface area contributed by atoms with Crippen molar-refractivity contribution in [1.82, 2.24) is 20.0 Å². The molecule has 1 aromatic heterocycles. The molecule has 0 aromatic carbocycles. The Bertz CT molecular complexity index is 579. The van der Waals surface area contributed by atoms with E-state index in [1.807, 2.05) is 6.92 Å². The second-order valence-corrected chi connectivity index (χ2v) is 7.27. The molecule has 1 fully saturated rings. The molecule has 2 rings (SSSR count). The fraction of sp³-hybridized carbons (Fsp3) is 0.722. The average molecular weight is 334 g/mol. The van der Waals surface area contributed by atoms with E-state index >= 15 is 0 Å². The van der Waals surface area contributed by atoms with Crippen molar-refractivity contribution in [2.75, 3.05) is 19.6 Å². The number of carbonyl (C=O) groups excluding carboxylic acids is 2. The number of nitrogens with zero attached hydrogens (tertiary/aromatic N) is 3. The number of likely N-dealkylation sites (tertiary alicyclic amines) is 1. The molecule has 1 aliphatic rings. The Morgan fingerprint density at radius 3 is 2.75 bits per heavy atom. The van der Waals surface area contributed by atoms with Crippen LogP contribution in [-0.2, 0) is 11.3 Å². The Hall–Kier alpha value is -1.69. The zero-order valence-corrected chi connectivity index (χ0v) is 15.3. The third-order valence-corrected chi connectivity index (χ3v) is 5.06. The highest BCUT2D eigenvalue weighted by Gasteiger charge is 2.32. The summed E-state index contributed by atoms with van der Waals surface area (Å²) in [5.74, 6) is -0.339. The zero-order valence-electron chi connectivity index (χ0n) is 15.3. The van der Waals surface area contributed by atoms with Gasteiger partial charge in [-0.1, -0.05) is 13.3 Å². The summed E-state index contributed by atoms with van der Waals surface area (Å²) in [6.45, 7) is 11.7. The van der Waals surface area contributed by atoms with Gasteiger partial charge in [-0.3, -0.25) is 19.2 Å². The Morgan fingerprint density at radius 1 is 1.38 bits per heavy atom. The van der Waals surface area contributed by atoms with Gasteiger partial charge in [0, 0.05) is 31.4 Å². The standard InChI is InChI=1S/C18H30N4O2/c1-5-14-8-7-9-21(11-14)18(3,4)13-19-17(24)16(23)15-10-20-22(6-2)12-15/h10,12,14H,5-9,11,13H2,1-4H3,(H,19,24)/t14-/m0/s1. The highest BCUT2D eigenvalue weighted by molar-refractivity contribution is 6.42. The molecule has 0 aliphatic carbocycles. The van der Waals surface area contributed by atoms with Gasteiger partial charge in [-0.25, -0.2) is 0 Å². The minimum atomic E-state index is -0.553. The summed E-state index contributed by atoms with van der Waals surface area (Å²) in [7, 11) is 0. The monoisotopic (exact) mass is 334 g/mol. The predicted octanol–water partition coefficient (Wildman–Crippen LogP) is 2.10. The van der Waals surface area contributed by atoms with Crippen molar-refractivity contribution in [3.63, 3.8) is 0 Å². The molecule has 0 spiro atoms. The Morgan fingerprint density at radius 2 is 2.12 bits per heavy atom. The number of amides is 1. The van der Waals surface area contributed by atoms with E-state index in [0.717, 1.165) is 19.0 Å². The van der Waals surface area contributed by atoms with Gasteiger partial charge in [0.2, 0.25) is 0 Å². The van der Waals surface area contributed by atoms with E-state index in [9.17, 15) is 9.59 Å². The average Bonchev–Trinajstić information content (AvgIpc) is 3.08. The maximum Gasteiger partial charge on any atom is 0.292 e. The topological polar surface area (TPSA) is 67.2 Å². The molecule has 0 bridgehead atoms. The van der Waals surface area contributed by atoms with Crippen LogP contribution >= 0.6 is 0 Å². The summed E-state index contributed by atoms with van der Waals surface area (Å²) in [6, 6.07) is 0. The summed E-state index contributed by atoms with van der Waals surface area (Å²) < 4.78 is 1.64. The molecule has 1 amide bonds. The molecular formula is C18H30N4O2. The van der Waals surface area contributed by atoms with Crippen LogP contribution in [0.4, 0.5) is 0 Å². The number of aryl methyl sites for hydroxylation is 1. The van der Waals surface area contributed by atoms with Gasteiger partial charge in [0.1, 0.15) is 0 Å². The smallest absolute Gasteiger partial charge is 0.292 e. The Labute approximate surface area is 144 Å². The molecule has 6 heteroatoms. The van der Waals surface area contributed by atoms with Crippen LogP contribution in [0.2, 0.25) is 0 Å². The molecule has 1 aliphatic heterocycles. The van der Waals surface area contributed by atoms with E-state index in [1.54, 1.807) is 10.9 Å². The van der Waals surface area contributed by atoms with Crippen LogP contribution in [0.5, 0.6) is 0 Å². The van der Waals surface area contributed by atoms with Crippen LogP contribution in [0.1, 0.15) is 57.3 Å². The second-order valence-electron chi connectivity index (χ2n) is 7.27. The lowest BCUT2D eigenvalue weighted by Crippen LogP contribution is -2.55. The lowest BCUT2D eigenvalue weighted by molar-refractivity contribution is -0.117. The summed E-state index contributed by atoms with van der Waals surface area (Å²) in [6.07, 6.45) is 6.75. The maximum absolute atomic E-state index is 12.2. The SMILES string of the molecule is CC[C@H]1CCCN(C(C)(C)CNC(=O)C(=O)c2cnn(CC)c2)C1. The number of piperidine rings is 1. The third-order valence-electron chi connectivity index (χ3n) is 5.06. The number of aromatic nitrogens is 2. The molecule has 6 nitrogen and oxygen atoms in total. The van der Waals surface area contributed by atoms with Crippen LogP contribution in [0.15, 0.2) is 12.4 Å². The summed E-state index contributed by atoms with van der Waals surface area (Å²) in [5, 5.41) is 6.86. The molecule has 1 saturated heterocycles. The molecule has 1 aromatic rings. The van der Waals surface area contributed by atoms with Crippen molar-refractivity contribution in [3.05, 3.63) is 18.0 Å². The van der Waals surface area contributed by atoms with E-state index < -0.39 is 11.7 Å². The van der Waals surface area contributed by atoms with Gasteiger partial charge in [0.25, 0.3) is 11.7 Å². The summed E-state index contributed by atoms with van der Waals surface area (Å²) >= 11 is 0. The van der Waals surface area contributed by atoms with E-state index in [1.165, 1.54) is 25.5 Å². The van der Waals surface area contributed by atoms with Crippen molar-refractivity contribution >= 4 is 11.7 Å². The van der Waals surface area contributed by atoms with Crippen LogP contribution < -0.4 is 5.32 Å². The summed E-state index contributed by atoms with van der Waals surface area (Å²) in [4.78, 5) is 26.8. The molecule has 0 radical (unpaired) electrons. The zero-order chi connectivity index (χ0) is 17.7. The first kappa shape index (κ1) is 18.6. The number of Topliss-reactive ketones (excluding diaryl/α,β-unsaturated/α-hetero) is 1. The van der Waals surface area contributed by atoms with Crippen LogP contribution in [0, 0.1) is 5.92 Å². The van der Waals surface area contributed by atoms with Crippen molar-refractivity contribution in [2.24, 2.45) is 5.92 Å². The number of carbonyl (C=O) groups is 2. The van der Waals surface area contributed by atoms with Crippen LogP contribution in [0.25, 0.3) is 0 Å². The van der Waals surface area contributed by atoms with Crippen LogP contribution in [0.3, 0.4) is 0 Å².